The van der Waals surface area contributed by atoms with E-state index >= 15 is 0 Å². The van der Waals surface area contributed by atoms with E-state index in [0.29, 0.717) is 6.54 Å². The van der Waals surface area contributed by atoms with Crippen LogP contribution in [-0.4, -0.2) is 60.1 Å². The Labute approximate surface area is 194 Å². The van der Waals surface area contributed by atoms with Gasteiger partial charge in [0.2, 0.25) is 0 Å². The molecule has 2 heterocycles. The Balaban J connectivity index is 1.44. The highest BCUT2D eigenvalue weighted by atomic mass is 19.3. The zero-order chi connectivity index (χ0) is 24.3. The third kappa shape index (κ3) is 5.47. The Morgan fingerprint density at radius 1 is 1.12 bits per heavy atom. The second-order valence-corrected chi connectivity index (χ2v) is 8.55. The Bertz CT molecular complexity index is 935. The number of amides is 1. The summed E-state index contributed by atoms with van der Waals surface area (Å²) in [6.45, 7) is 1.92. The molecule has 0 saturated carbocycles. The second kappa shape index (κ2) is 9.83. The molecule has 2 N–H and O–H groups in total. The van der Waals surface area contributed by atoms with Gasteiger partial charge in [-0.15, -0.1) is 0 Å². The number of ether oxygens (including phenoxy) is 3. The third-order valence-corrected chi connectivity index (χ3v) is 6.02. The quantitative estimate of drug-likeness (QED) is 0.572. The minimum absolute atomic E-state index is 0.0300. The Morgan fingerprint density at radius 2 is 1.76 bits per heavy atom. The fraction of sp³-hybridized carbons (Fsp3) is 0.522. The molecule has 186 valence electrons. The number of carbonyl (C=O) groups excluding carboxylic acids is 1. The van der Waals surface area contributed by atoms with Gasteiger partial charge in [-0.2, -0.15) is 17.6 Å². The van der Waals surface area contributed by atoms with Gasteiger partial charge in [0.15, 0.2) is 11.5 Å². The van der Waals surface area contributed by atoms with Gasteiger partial charge in [0, 0.05) is 12.5 Å². The van der Waals surface area contributed by atoms with Crippen molar-refractivity contribution in [1.29, 1.82) is 0 Å². The first-order valence-electron chi connectivity index (χ1n) is 11.1. The van der Waals surface area contributed by atoms with Gasteiger partial charge >= 0.3 is 18.3 Å². The lowest BCUT2D eigenvalue weighted by molar-refractivity contribution is -0.430. The van der Waals surface area contributed by atoms with Crippen LogP contribution in [0.5, 0.6) is 0 Å². The van der Waals surface area contributed by atoms with Crippen LogP contribution in [0.1, 0.15) is 24.8 Å². The number of fused-ring (bicyclic) bond motifs is 1. The number of alkyl halides is 4. The number of nitrogens with zero attached hydrogens (tertiary/aromatic N) is 1. The van der Waals surface area contributed by atoms with Crippen LogP contribution >= 0.6 is 0 Å². The number of hydrogen-bond acceptors (Lipinski definition) is 6. The summed E-state index contributed by atoms with van der Waals surface area (Å²) >= 11 is 0. The lowest BCUT2D eigenvalue weighted by atomic mass is 9.88. The molecule has 4 rings (SSSR count). The van der Waals surface area contributed by atoms with E-state index in [1.54, 1.807) is 12.1 Å². The van der Waals surface area contributed by atoms with Crippen molar-refractivity contribution < 1.29 is 41.7 Å². The predicted octanol–water partition coefficient (Wildman–Crippen LogP) is 3.76. The van der Waals surface area contributed by atoms with Gasteiger partial charge in [-0.1, -0.05) is 30.3 Å². The van der Waals surface area contributed by atoms with Crippen molar-refractivity contribution in [3.8, 4) is 0 Å². The fourth-order valence-electron chi connectivity index (χ4n) is 4.19. The van der Waals surface area contributed by atoms with Crippen molar-refractivity contribution in [3.63, 3.8) is 0 Å². The summed E-state index contributed by atoms with van der Waals surface area (Å²) in [6.07, 6.45) is -7.32. The zero-order valence-electron chi connectivity index (χ0n) is 18.3. The SMILES string of the molecule is O=C(N[C@H](CN1CCCC1)[C@H](O)C1C=C2OC(F)(F)C(F)(F)OC2=CC1)OCc1ccccc1. The minimum atomic E-state index is -4.85. The number of carbonyl (C=O) groups is 1. The molecule has 0 spiro atoms. The fourth-order valence-corrected chi connectivity index (χ4v) is 4.19. The van der Waals surface area contributed by atoms with Crippen molar-refractivity contribution in [2.75, 3.05) is 19.6 Å². The Hall–Kier alpha value is -2.79. The summed E-state index contributed by atoms with van der Waals surface area (Å²) in [5.41, 5.74) is 0.788. The summed E-state index contributed by atoms with van der Waals surface area (Å²) in [5, 5.41) is 13.7. The van der Waals surface area contributed by atoms with Crippen molar-refractivity contribution in [2.24, 2.45) is 5.92 Å². The average Bonchev–Trinajstić information content (AvgIpc) is 3.31. The standard InChI is InChI=1S/C23H26F4N2O5/c24-22(25)23(26,27)34-19-12-16(8-9-18(19)33-22)20(30)17(13-29-10-4-5-11-29)28-21(31)32-14-15-6-2-1-3-7-15/h1-3,6-7,9,12,16-17,20,30H,4-5,8,10-11,13-14H2,(H,28,31)/t16?,17-,20-/m1/s1. The van der Waals surface area contributed by atoms with Crippen LogP contribution in [0, 0.1) is 5.92 Å². The van der Waals surface area contributed by atoms with Crippen LogP contribution in [-0.2, 0) is 20.8 Å². The number of aliphatic hydroxyl groups excluding tert-OH is 1. The topological polar surface area (TPSA) is 80.3 Å². The molecule has 1 unspecified atom stereocenters. The van der Waals surface area contributed by atoms with E-state index < -0.39 is 47.9 Å². The van der Waals surface area contributed by atoms with Crippen LogP contribution in [0.3, 0.4) is 0 Å². The zero-order valence-corrected chi connectivity index (χ0v) is 18.3. The van der Waals surface area contributed by atoms with Gasteiger partial charge < -0.3 is 29.5 Å². The lowest BCUT2D eigenvalue weighted by Gasteiger charge is -2.37. The maximum atomic E-state index is 13.6. The molecule has 3 aliphatic rings. The molecule has 1 aliphatic carbocycles. The van der Waals surface area contributed by atoms with Gasteiger partial charge in [0.25, 0.3) is 0 Å². The van der Waals surface area contributed by atoms with Crippen molar-refractivity contribution in [3.05, 3.63) is 59.6 Å². The van der Waals surface area contributed by atoms with E-state index in [2.05, 4.69) is 19.7 Å². The van der Waals surface area contributed by atoms with E-state index in [0.717, 1.165) is 37.6 Å². The molecule has 11 heteroatoms. The highest BCUT2D eigenvalue weighted by molar-refractivity contribution is 5.67. The summed E-state index contributed by atoms with van der Waals surface area (Å²) in [7, 11) is 0. The van der Waals surface area contributed by atoms with Gasteiger partial charge in [-0.25, -0.2) is 4.79 Å². The normalized spacial score (nSPS) is 25.0. The van der Waals surface area contributed by atoms with E-state index in [1.807, 2.05) is 18.2 Å². The molecule has 2 fully saturated rings. The lowest BCUT2D eigenvalue weighted by Crippen LogP contribution is -2.53. The number of allylic oxidation sites excluding steroid dienone is 1. The maximum absolute atomic E-state index is 13.6. The van der Waals surface area contributed by atoms with Crippen LogP contribution in [0.25, 0.3) is 0 Å². The van der Waals surface area contributed by atoms with E-state index in [1.165, 1.54) is 6.08 Å². The number of likely N-dealkylation sites (tertiary alicyclic amines) is 1. The molecule has 7 nitrogen and oxygen atoms in total. The van der Waals surface area contributed by atoms with E-state index in [4.69, 9.17) is 4.74 Å². The number of nitrogens with one attached hydrogen (secondary N) is 1. The molecule has 1 aromatic rings. The minimum Gasteiger partial charge on any atom is -0.445 e. The second-order valence-electron chi connectivity index (χ2n) is 8.55. The monoisotopic (exact) mass is 486 g/mol. The van der Waals surface area contributed by atoms with E-state index in [9.17, 15) is 27.5 Å². The molecular weight excluding hydrogens is 460 g/mol. The molecule has 1 amide bonds. The highest BCUT2D eigenvalue weighted by Crippen LogP contribution is 2.47. The summed E-state index contributed by atoms with van der Waals surface area (Å²) in [5.74, 6) is -1.87. The van der Waals surface area contributed by atoms with Crippen molar-refractivity contribution >= 4 is 6.09 Å². The number of alkyl carbamates (subject to hydrolysis) is 1. The first-order chi connectivity index (χ1) is 16.1. The first kappa shape index (κ1) is 24.3. The van der Waals surface area contributed by atoms with Gasteiger partial charge in [-0.05, 0) is 50.1 Å². The molecule has 34 heavy (non-hydrogen) atoms. The molecule has 2 aliphatic heterocycles. The van der Waals surface area contributed by atoms with Crippen LogP contribution in [0.4, 0.5) is 22.4 Å². The highest BCUT2D eigenvalue weighted by Gasteiger charge is 2.67. The number of benzene rings is 1. The van der Waals surface area contributed by atoms with E-state index in [-0.39, 0.29) is 13.0 Å². The Kier molecular flexibility index (Phi) is 7.04. The molecule has 0 radical (unpaired) electrons. The number of halogens is 4. The van der Waals surface area contributed by atoms with Gasteiger partial charge in [0.05, 0.1) is 12.1 Å². The number of hydrogen-bond donors (Lipinski definition) is 2. The molecular formula is C23H26F4N2O5. The maximum Gasteiger partial charge on any atom is 0.507 e. The Morgan fingerprint density at radius 3 is 2.44 bits per heavy atom. The largest absolute Gasteiger partial charge is 0.507 e. The van der Waals surface area contributed by atoms with Gasteiger partial charge in [0.1, 0.15) is 6.61 Å². The van der Waals surface area contributed by atoms with Gasteiger partial charge in [-0.3, -0.25) is 0 Å². The van der Waals surface area contributed by atoms with Crippen LogP contribution in [0.2, 0.25) is 0 Å². The molecule has 0 aromatic heterocycles. The van der Waals surface area contributed by atoms with Crippen molar-refractivity contribution in [1.82, 2.24) is 10.2 Å². The smallest absolute Gasteiger partial charge is 0.445 e. The number of rotatable bonds is 7. The molecule has 1 aromatic carbocycles. The van der Waals surface area contributed by atoms with Crippen molar-refractivity contribution in [2.45, 2.75) is 50.2 Å². The predicted molar refractivity (Wildman–Crippen MR) is 112 cm³/mol. The average molecular weight is 486 g/mol. The van der Waals surface area contributed by atoms with Crippen LogP contribution in [0.15, 0.2) is 54.0 Å². The van der Waals surface area contributed by atoms with Crippen LogP contribution < -0.4 is 5.32 Å². The first-order valence-corrected chi connectivity index (χ1v) is 11.1. The summed E-state index contributed by atoms with van der Waals surface area (Å²) in [4.78, 5) is 14.5. The molecule has 2 saturated heterocycles. The summed E-state index contributed by atoms with van der Waals surface area (Å²) in [6, 6.07) is 8.25. The molecule has 3 atom stereocenters. The molecule has 0 bridgehead atoms. The summed E-state index contributed by atoms with van der Waals surface area (Å²) < 4.78 is 67.6. The number of aliphatic hydroxyl groups is 1. The third-order valence-electron chi connectivity index (χ3n) is 6.02.